The number of anilines is 1. The normalized spacial score (nSPS) is 17.8. The van der Waals surface area contributed by atoms with Crippen molar-refractivity contribution in [3.63, 3.8) is 0 Å². The van der Waals surface area contributed by atoms with Crippen molar-refractivity contribution in [2.75, 3.05) is 45.2 Å². The van der Waals surface area contributed by atoms with Crippen molar-refractivity contribution in [2.45, 2.75) is 38.1 Å². The molecule has 2 fully saturated rings. The number of likely N-dealkylation sites (tertiary alicyclic amines) is 1. The number of hydrogen-bond donors (Lipinski definition) is 0. The fourth-order valence-electron chi connectivity index (χ4n) is 5.19. The second kappa shape index (κ2) is 9.63. The van der Waals surface area contributed by atoms with Gasteiger partial charge in [0.2, 0.25) is 0 Å². The summed E-state index contributed by atoms with van der Waals surface area (Å²) in [7, 11) is 3.03. The Kier molecular flexibility index (Phi) is 6.83. The monoisotopic (exact) mass is 459 g/mol. The number of benzene rings is 1. The highest BCUT2D eigenvalue weighted by Gasteiger charge is 2.46. The summed E-state index contributed by atoms with van der Waals surface area (Å²) < 4.78 is 35.9. The number of ether oxygens (including phenoxy) is 1. The summed E-state index contributed by atoms with van der Waals surface area (Å²) in [6.07, 6.45) is 6.32. The molecule has 1 aliphatic carbocycles. The van der Waals surface area contributed by atoms with Crippen LogP contribution in [0.3, 0.4) is 0 Å². The molecule has 1 atom stereocenters. The van der Waals surface area contributed by atoms with Crippen molar-refractivity contribution >= 4 is 12.0 Å². The number of methoxy groups -OCH3 is 1. The lowest BCUT2D eigenvalue weighted by Gasteiger charge is -2.56. The number of carbonyl (C=O) groups excluding carboxylic acids is 1. The van der Waals surface area contributed by atoms with Crippen LogP contribution in [-0.2, 0) is 11.3 Å². The van der Waals surface area contributed by atoms with Crippen molar-refractivity contribution in [2.24, 2.45) is 5.41 Å². The first kappa shape index (κ1) is 23.4. The van der Waals surface area contributed by atoms with Crippen LogP contribution in [0.4, 0.5) is 14.5 Å². The molecule has 1 aromatic heterocycles. The maximum absolute atomic E-state index is 14.6. The fourth-order valence-corrected chi connectivity index (χ4v) is 5.19. The van der Waals surface area contributed by atoms with Gasteiger partial charge in [0.1, 0.15) is 29.4 Å². The number of likely N-dealkylation sites (N-methyl/N-ethyl adjacent to an activating group) is 1. The third-order valence-corrected chi connectivity index (χ3v) is 7.17. The maximum atomic E-state index is 14.6. The van der Waals surface area contributed by atoms with Gasteiger partial charge in [-0.05, 0) is 30.4 Å². The number of rotatable bonds is 10. The van der Waals surface area contributed by atoms with Crippen molar-refractivity contribution in [1.29, 1.82) is 0 Å². The molecule has 1 aliphatic heterocycles. The molecular formula is C25H31F2N3O3. The average molecular weight is 460 g/mol. The summed E-state index contributed by atoms with van der Waals surface area (Å²) in [5.74, 6) is -2.21. The highest BCUT2D eigenvalue weighted by Crippen LogP contribution is 2.47. The highest BCUT2D eigenvalue weighted by molar-refractivity contribution is 5.53. The number of carbonyl (C=O) groups is 1. The predicted octanol–water partition coefficient (Wildman–Crippen LogP) is 3.43. The van der Waals surface area contributed by atoms with Crippen molar-refractivity contribution < 1.29 is 18.3 Å². The number of pyridine rings is 1. The minimum absolute atomic E-state index is 0.0672. The van der Waals surface area contributed by atoms with E-state index in [1.165, 1.54) is 26.4 Å². The third kappa shape index (κ3) is 4.81. The molecule has 1 saturated carbocycles. The number of aldehydes is 1. The standard InChI is InChI=1S/C25H31F2N3O3/c1-28(15-18(6-12-31)23-20(26)13-19(33-2)14-21(23)27)22-5-3-9-30(24(22)32)11-10-29-16-25(17-29)7-4-8-25/h3,5,9,12-14,18H,4,6-8,10-11,15-17H2,1-2H3. The quantitative estimate of drug-likeness (QED) is 0.510. The van der Waals surface area contributed by atoms with Gasteiger partial charge in [0.15, 0.2) is 0 Å². The molecular weight excluding hydrogens is 428 g/mol. The molecule has 2 aliphatic rings. The van der Waals surface area contributed by atoms with Crippen LogP contribution in [0.1, 0.15) is 37.2 Å². The first-order valence-electron chi connectivity index (χ1n) is 11.5. The molecule has 0 N–H and O–H groups in total. The Labute approximate surface area is 192 Å². The summed E-state index contributed by atoms with van der Waals surface area (Å²) >= 11 is 0. The molecule has 8 heteroatoms. The SMILES string of the molecule is COc1cc(F)c(C(CC=O)CN(C)c2cccn(CCN3CC4(CCC4)C3)c2=O)c(F)c1. The van der Waals surface area contributed by atoms with Gasteiger partial charge in [-0.2, -0.15) is 0 Å². The number of aromatic nitrogens is 1. The Morgan fingerprint density at radius 2 is 1.91 bits per heavy atom. The largest absolute Gasteiger partial charge is 0.497 e. The lowest BCUT2D eigenvalue weighted by atomic mass is 9.63. The maximum Gasteiger partial charge on any atom is 0.274 e. The Morgan fingerprint density at radius 3 is 2.48 bits per heavy atom. The molecule has 0 bridgehead atoms. The zero-order valence-corrected chi connectivity index (χ0v) is 19.2. The van der Waals surface area contributed by atoms with Crippen molar-refractivity contribution in [3.05, 3.63) is 58.0 Å². The third-order valence-electron chi connectivity index (χ3n) is 7.17. The molecule has 4 rings (SSSR count). The second-order valence-electron chi connectivity index (χ2n) is 9.44. The van der Waals surface area contributed by atoms with E-state index in [9.17, 15) is 18.4 Å². The van der Waals surface area contributed by atoms with Gasteiger partial charge in [0.05, 0.1) is 7.11 Å². The summed E-state index contributed by atoms with van der Waals surface area (Å²) in [5, 5.41) is 0. The van der Waals surface area contributed by atoms with Crippen LogP contribution in [0.5, 0.6) is 5.75 Å². The summed E-state index contributed by atoms with van der Waals surface area (Å²) in [6, 6.07) is 5.72. The van der Waals surface area contributed by atoms with Crippen LogP contribution in [0.15, 0.2) is 35.3 Å². The van der Waals surface area contributed by atoms with Gasteiger partial charge in [0.25, 0.3) is 5.56 Å². The first-order valence-corrected chi connectivity index (χ1v) is 11.5. The summed E-state index contributed by atoms with van der Waals surface area (Å²) in [4.78, 5) is 28.4. The molecule has 33 heavy (non-hydrogen) atoms. The van der Waals surface area contributed by atoms with Crippen LogP contribution in [0, 0.1) is 17.0 Å². The van der Waals surface area contributed by atoms with E-state index >= 15 is 0 Å². The molecule has 6 nitrogen and oxygen atoms in total. The summed E-state index contributed by atoms with van der Waals surface area (Å²) in [6.45, 7) is 3.77. The lowest BCUT2D eigenvalue weighted by molar-refractivity contribution is -0.108. The highest BCUT2D eigenvalue weighted by atomic mass is 19.1. The molecule has 0 radical (unpaired) electrons. The molecule has 1 unspecified atom stereocenters. The molecule has 1 aromatic carbocycles. The van der Waals surface area contributed by atoms with Gasteiger partial charge in [-0.15, -0.1) is 0 Å². The Bertz CT molecular complexity index is 1040. The molecule has 2 heterocycles. The van der Waals surface area contributed by atoms with E-state index in [0.29, 0.717) is 23.9 Å². The molecule has 2 aromatic rings. The fraction of sp³-hybridized carbons (Fsp3) is 0.520. The number of hydrogen-bond acceptors (Lipinski definition) is 5. The van der Waals surface area contributed by atoms with Crippen LogP contribution in [0.25, 0.3) is 0 Å². The Balaban J connectivity index is 1.46. The van der Waals surface area contributed by atoms with Crippen LogP contribution < -0.4 is 15.2 Å². The van der Waals surface area contributed by atoms with Crippen LogP contribution in [-0.4, -0.2) is 56.1 Å². The van der Waals surface area contributed by atoms with Crippen LogP contribution in [0.2, 0.25) is 0 Å². The average Bonchev–Trinajstić information content (AvgIpc) is 2.72. The minimum atomic E-state index is -0.767. The predicted molar refractivity (Wildman–Crippen MR) is 123 cm³/mol. The summed E-state index contributed by atoms with van der Waals surface area (Å²) in [5.41, 5.74) is 0.655. The molecule has 178 valence electrons. The second-order valence-corrected chi connectivity index (χ2v) is 9.44. The van der Waals surface area contributed by atoms with E-state index < -0.39 is 17.6 Å². The molecule has 1 saturated heterocycles. The van der Waals surface area contributed by atoms with Crippen molar-refractivity contribution in [1.82, 2.24) is 9.47 Å². The van der Waals surface area contributed by atoms with E-state index in [-0.39, 0.29) is 29.8 Å². The van der Waals surface area contributed by atoms with E-state index in [1.54, 1.807) is 34.8 Å². The molecule has 0 amide bonds. The smallest absolute Gasteiger partial charge is 0.274 e. The van der Waals surface area contributed by atoms with Gasteiger partial charge in [-0.25, -0.2) is 8.78 Å². The Morgan fingerprint density at radius 1 is 1.21 bits per heavy atom. The topological polar surface area (TPSA) is 54.8 Å². The zero-order chi connectivity index (χ0) is 23.6. The number of nitrogens with zero attached hydrogens (tertiary/aromatic N) is 3. The number of halogens is 2. The molecule has 1 spiro atoms. The van der Waals surface area contributed by atoms with E-state index in [1.807, 2.05) is 0 Å². The van der Waals surface area contributed by atoms with Gasteiger partial charge in [-0.1, -0.05) is 6.42 Å². The van der Waals surface area contributed by atoms with Crippen LogP contribution >= 0.6 is 0 Å². The van der Waals surface area contributed by atoms with E-state index in [2.05, 4.69) is 4.90 Å². The van der Waals surface area contributed by atoms with E-state index in [0.717, 1.165) is 31.8 Å². The zero-order valence-electron chi connectivity index (χ0n) is 19.2. The van der Waals surface area contributed by atoms with Gasteiger partial charge >= 0.3 is 0 Å². The minimum Gasteiger partial charge on any atom is -0.497 e. The lowest BCUT2D eigenvalue weighted by Crippen LogP contribution is -2.60. The van der Waals surface area contributed by atoms with Gasteiger partial charge in [-0.3, -0.25) is 4.79 Å². The Hall–Kier alpha value is -2.74. The van der Waals surface area contributed by atoms with Gasteiger partial charge in [0, 0.05) is 76.0 Å². The van der Waals surface area contributed by atoms with Gasteiger partial charge < -0.3 is 23.9 Å². The van der Waals surface area contributed by atoms with E-state index in [4.69, 9.17) is 4.74 Å². The van der Waals surface area contributed by atoms with Crippen molar-refractivity contribution in [3.8, 4) is 5.75 Å². The first-order chi connectivity index (χ1) is 15.9.